The van der Waals surface area contributed by atoms with Gasteiger partial charge in [0.1, 0.15) is 5.69 Å². The average Bonchev–Trinajstić information content (AvgIpc) is 3.50. The number of thiazole rings is 1. The van der Waals surface area contributed by atoms with Gasteiger partial charge in [-0.1, -0.05) is 53.8 Å². The first-order valence-corrected chi connectivity index (χ1v) is 12.2. The number of carbonyl (C=O) groups excluding carboxylic acids is 1. The molecule has 1 amide bonds. The fourth-order valence-corrected chi connectivity index (χ4v) is 5.41. The molecule has 2 aromatic carbocycles. The molecule has 1 aliphatic heterocycles. The Kier molecular flexibility index (Phi) is 6.28. The van der Waals surface area contributed by atoms with Gasteiger partial charge in [0, 0.05) is 50.1 Å². The molecule has 0 unspecified atom stereocenters. The lowest BCUT2D eigenvalue weighted by molar-refractivity contribution is -0.384. The number of imidazole rings is 1. The van der Waals surface area contributed by atoms with Crippen molar-refractivity contribution in [1.82, 2.24) is 14.5 Å². The van der Waals surface area contributed by atoms with E-state index in [0.717, 1.165) is 22.0 Å². The number of aromatic nitrogens is 3. The van der Waals surface area contributed by atoms with Gasteiger partial charge in [0.05, 0.1) is 15.5 Å². The monoisotopic (exact) mass is 488 g/mol. The van der Waals surface area contributed by atoms with E-state index in [9.17, 15) is 14.9 Å². The summed E-state index contributed by atoms with van der Waals surface area (Å²) in [6, 6.07) is 16.6. The average molecular weight is 489 g/mol. The maximum absolute atomic E-state index is 13.1. The second-order valence-electron chi connectivity index (χ2n) is 8.42. The van der Waals surface area contributed by atoms with Crippen LogP contribution in [0.25, 0.3) is 22.0 Å². The van der Waals surface area contributed by atoms with Crippen molar-refractivity contribution >= 4 is 33.8 Å². The minimum atomic E-state index is -0.361. The van der Waals surface area contributed by atoms with E-state index in [1.165, 1.54) is 17.4 Å². The molecule has 4 aromatic rings. The van der Waals surface area contributed by atoms with Crippen LogP contribution in [0.2, 0.25) is 0 Å². The summed E-state index contributed by atoms with van der Waals surface area (Å²) in [5.41, 5.74) is 2.43. The van der Waals surface area contributed by atoms with Crippen molar-refractivity contribution in [2.45, 2.75) is 12.8 Å². The molecule has 10 heteroatoms. The molecule has 2 aromatic heterocycles. The van der Waals surface area contributed by atoms with Crippen LogP contribution in [-0.2, 0) is 11.8 Å². The lowest BCUT2D eigenvalue weighted by Crippen LogP contribution is -2.38. The number of carbonyl (C=O) groups is 1. The summed E-state index contributed by atoms with van der Waals surface area (Å²) in [5.74, 6) is 0.529. The summed E-state index contributed by atoms with van der Waals surface area (Å²) in [5, 5.41) is 14.9. The number of nitro groups is 1. The molecule has 178 valence electrons. The first-order valence-electron chi connectivity index (χ1n) is 11.3. The highest BCUT2D eigenvalue weighted by molar-refractivity contribution is 7.19. The fraction of sp³-hybridized carbons (Fsp3) is 0.240. The molecule has 1 saturated heterocycles. The summed E-state index contributed by atoms with van der Waals surface area (Å²) in [7, 11) is 1.93. The van der Waals surface area contributed by atoms with E-state index >= 15 is 0 Å². The Bertz CT molecular complexity index is 1360. The van der Waals surface area contributed by atoms with Crippen LogP contribution in [-0.4, -0.2) is 38.5 Å². The topological polar surface area (TPSA) is 106 Å². The summed E-state index contributed by atoms with van der Waals surface area (Å²) in [6.07, 6.45) is 4.85. The molecule has 0 spiro atoms. The van der Waals surface area contributed by atoms with Gasteiger partial charge in [-0.15, -0.1) is 0 Å². The molecule has 0 radical (unpaired) electrons. The highest BCUT2D eigenvalue weighted by Crippen LogP contribution is 2.38. The second kappa shape index (κ2) is 9.67. The lowest BCUT2D eigenvalue weighted by Gasteiger charge is -2.32. The van der Waals surface area contributed by atoms with E-state index in [1.54, 1.807) is 24.4 Å². The Balaban J connectivity index is 1.32. The van der Waals surface area contributed by atoms with Gasteiger partial charge in [-0.2, -0.15) is 0 Å². The molecule has 0 atom stereocenters. The summed E-state index contributed by atoms with van der Waals surface area (Å²) in [4.78, 5) is 36.2. The molecule has 1 aliphatic rings. The van der Waals surface area contributed by atoms with Gasteiger partial charge < -0.3 is 14.8 Å². The molecule has 35 heavy (non-hydrogen) atoms. The van der Waals surface area contributed by atoms with Gasteiger partial charge in [0.15, 0.2) is 11.0 Å². The Morgan fingerprint density at radius 3 is 2.51 bits per heavy atom. The number of benzene rings is 2. The van der Waals surface area contributed by atoms with E-state index in [1.807, 2.05) is 53.0 Å². The van der Waals surface area contributed by atoms with Crippen LogP contribution in [0, 0.1) is 16.0 Å². The number of nitrogens with one attached hydrogen (secondary N) is 1. The van der Waals surface area contributed by atoms with E-state index in [4.69, 9.17) is 4.98 Å². The van der Waals surface area contributed by atoms with Crippen molar-refractivity contribution in [2.75, 3.05) is 23.3 Å². The predicted molar refractivity (Wildman–Crippen MR) is 136 cm³/mol. The van der Waals surface area contributed by atoms with E-state index < -0.39 is 0 Å². The lowest BCUT2D eigenvalue weighted by atomic mass is 9.95. The van der Waals surface area contributed by atoms with Gasteiger partial charge in [-0.3, -0.25) is 14.9 Å². The van der Waals surface area contributed by atoms with Crippen molar-refractivity contribution in [2.24, 2.45) is 13.0 Å². The first-order chi connectivity index (χ1) is 17.0. The molecule has 0 saturated carbocycles. The van der Waals surface area contributed by atoms with E-state index in [0.29, 0.717) is 36.8 Å². The Labute approximate surface area is 206 Å². The Hall–Kier alpha value is -4.05. The number of hydrogen-bond donors (Lipinski definition) is 1. The SMILES string of the molecule is Cn1ccnc1-c1sc(NC(=O)C2CCN(c3ccccc3[N+](=O)[O-])CC2)nc1-c1ccccc1. The molecule has 3 heterocycles. The zero-order chi connectivity index (χ0) is 24.4. The second-order valence-corrected chi connectivity index (χ2v) is 9.42. The van der Waals surface area contributed by atoms with Gasteiger partial charge >= 0.3 is 0 Å². The van der Waals surface area contributed by atoms with Crippen LogP contribution < -0.4 is 10.2 Å². The van der Waals surface area contributed by atoms with Crippen molar-refractivity contribution in [3.8, 4) is 22.0 Å². The van der Waals surface area contributed by atoms with Crippen LogP contribution in [0.15, 0.2) is 67.0 Å². The van der Waals surface area contributed by atoms with Crippen LogP contribution in [0.1, 0.15) is 12.8 Å². The summed E-state index contributed by atoms with van der Waals surface area (Å²) >= 11 is 1.41. The third-order valence-electron chi connectivity index (χ3n) is 6.21. The number of rotatable bonds is 6. The number of nitro benzene ring substituents is 1. The van der Waals surface area contributed by atoms with Gasteiger partial charge in [0.2, 0.25) is 5.91 Å². The van der Waals surface area contributed by atoms with Gasteiger partial charge in [-0.25, -0.2) is 9.97 Å². The largest absolute Gasteiger partial charge is 0.366 e. The van der Waals surface area contributed by atoms with E-state index in [-0.39, 0.29) is 22.4 Å². The minimum Gasteiger partial charge on any atom is -0.366 e. The van der Waals surface area contributed by atoms with Crippen molar-refractivity contribution in [3.05, 3.63) is 77.1 Å². The van der Waals surface area contributed by atoms with Crippen molar-refractivity contribution < 1.29 is 9.72 Å². The smallest absolute Gasteiger partial charge is 0.292 e. The molecule has 5 rings (SSSR count). The maximum Gasteiger partial charge on any atom is 0.292 e. The first kappa shape index (κ1) is 22.7. The highest BCUT2D eigenvalue weighted by atomic mass is 32.1. The summed E-state index contributed by atoms with van der Waals surface area (Å²) < 4.78 is 1.93. The van der Waals surface area contributed by atoms with E-state index in [2.05, 4.69) is 10.3 Å². The quantitative estimate of drug-likeness (QED) is 0.303. The third-order valence-corrected chi connectivity index (χ3v) is 7.18. The Morgan fingerprint density at radius 1 is 1.11 bits per heavy atom. The van der Waals surface area contributed by atoms with Crippen LogP contribution in [0.3, 0.4) is 0 Å². The zero-order valence-corrected chi connectivity index (χ0v) is 19.9. The normalized spacial score (nSPS) is 14.1. The number of hydrogen-bond acceptors (Lipinski definition) is 7. The number of nitrogens with zero attached hydrogens (tertiary/aromatic N) is 5. The van der Waals surface area contributed by atoms with Crippen LogP contribution >= 0.6 is 11.3 Å². The molecule has 1 N–H and O–H groups in total. The van der Waals surface area contributed by atoms with Crippen LogP contribution in [0.5, 0.6) is 0 Å². The number of para-hydroxylation sites is 2. The number of amides is 1. The molecular weight excluding hydrogens is 464 g/mol. The molecule has 1 fully saturated rings. The number of anilines is 2. The van der Waals surface area contributed by atoms with Gasteiger partial charge in [0.25, 0.3) is 5.69 Å². The molecule has 0 aliphatic carbocycles. The Morgan fingerprint density at radius 2 is 1.83 bits per heavy atom. The zero-order valence-electron chi connectivity index (χ0n) is 19.1. The van der Waals surface area contributed by atoms with Crippen LogP contribution in [0.4, 0.5) is 16.5 Å². The standard InChI is InChI=1S/C25H24N6O3S/c1-29-16-13-26-23(29)22-21(17-7-3-2-4-8-17)27-25(35-22)28-24(32)18-11-14-30(15-12-18)19-9-5-6-10-20(19)31(33)34/h2-10,13,16,18H,11-12,14-15H2,1H3,(H,27,28,32). The fourth-order valence-electron chi connectivity index (χ4n) is 4.38. The van der Waals surface area contributed by atoms with Gasteiger partial charge in [-0.05, 0) is 18.9 Å². The minimum absolute atomic E-state index is 0.0769. The molecular formula is C25H24N6O3S. The molecule has 0 bridgehead atoms. The third kappa shape index (κ3) is 4.65. The predicted octanol–water partition coefficient (Wildman–Crippen LogP) is 4.97. The summed E-state index contributed by atoms with van der Waals surface area (Å²) in [6.45, 7) is 1.16. The number of aryl methyl sites for hydroxylation is 1. The van der Waals surface area contributed by atoms with Crippen molar-refractivity contribution in [3.63, 3.8) is 0 Å². The maximum atomic E-state index is 13.1. The highest BCUT2D eigenvalue weighted by Gasteiger charge is 2.29. The van der Waals surface area contributed by atoms with Crippen molar-refractivity contribution in [1.29, 1.82) is 0 Å². The molecule has 9 nitrogen and oxygen atoms in total. The number of piperidine rings is 1.